The summed E-state index contributed by atoms with van der Waals surface area (Å²) in [6.45, 7) is 8.06. The molecule has 2 fully saturated rings. The summed E-state index contributed by atoms with van der Waals surface area (Å²) in [7, 11) is 0. The number of carbonyl (C=O) groups excluding carboxylic acids is 2. The summed E-state index contributed by atoms with van der Waals surface area (Å²) in [6, 6.07) is 9.68. The highest BCUT2D eigenvalue weighted by Gasteiger charge is 2.45. The van der Waals surface area contributed by atoms with Gasteiger partial charge in [-0.15, -0.1) is 0 Å². The number of halogens is 4. The Hall–Kier alpha value is -2.82. The Labute approximate surface area is 248 Å². The van der Waals surface area contributed by atoms with Gasteiger partial charge in [-0.25, -0.2) is 4.79 Å². The zero-order valence-electron chi connectivity index (χ0n) is 24.0. The van der Waals surface area contributed by atoms with Gasteiger partial charge in [0.2, 0.25) is 0 Å². The quantitative estimate of drug-likeness (QED) is 0.373. The number of likely N-dealkylation sites (tertiary alicyclic amines) is 1. The van der Waals surface area contributed by atoms with Crippen LogP contribution in [-0.4, -0.2) is 66.4 Å². The topological polar surface area (TPSA) is 68.3 Å². The van der Waals surface area contributed by atoms with E-state index in [1.54, 1.807) is 19.9 Å². The van der Waals surface area contributed by atoms with Crippen LogP contribution in [0.5, 0.6) is 5.75 Å². The van der Waals surface area contributed by atoms with Crippen LogP contribution < -0.4 is 4.74 Å². The second-order valence-electron chi connectivity index (χ2n) is 11.7. The van der Waals surface area contributed by atoms with Crippen LogP contribution >= 0.6 is 11.6 Å². The van der Waals surface area contributed by atoms with Gasteiger partial charge >= 0.3 is 12.1 Å². The lowest BCUT2D eigenvalue weighted by molar-refractivity contribution is -0.172. The molecule has 3 aliphatic rings. The maximum atomic E-state index is 13.5. The van der Waals surface area contributed by atoms with E-state index < -0.39 is 17.3 Å². The molecule has 0 aromatic heterocycles. The molecule has 0 unspecified atom stereocenters. The third-order valence-corrected chi connectivity index (χ3v) is 9.02. The summed E-state index contributed by atoms with van der Waals surface area (Å²) in [4.78, 5) is 29.5. The molecule has 4 atom stereocenters. The standard InChI is InChI=1S/C31H36ClF3N2O5/c1-4-40-28(38)21-7-5-6-20(12-21)25-9-11-36(15-19(25)2)24-8-10-30(3,42-17-24)29(39)37-16-22-13-23(31(33,34)35)14-26(32)27(22)41-18-37/h5-7,12-14,19,24-25H,4,8-11,15-18H2,1-3H3/t19-,24+,25-,30+/m0/s1. The molecule has 3 heterocycles. The van der Waals surface area contributed by atoms with Crippen molar-refractivity contribution < 1.29 is 37.0 Å². The summed E-state index contributed by atoms with van der Waals surface area (Å²) in [5.41, 5.74) is -0.0479. The van der Waals surface area contributed by atoms with Gasteiger partial charge in [0, 0.05) is 18.2 Å². The van der Waals surface area contributed by atoms with Gasteiger partial charge in [-0.05, 0) is 81.3 Å². The van der Waals surface area contributed by atoms with Crippen molar-refractivity contribution in [3.63, 3.8) is 0 Å². The third kappa shape index (κ3) is 6.26. The van der Waals surface area contributed by atoms with Crippen molar-refractivity contribution in [3.05, 3.63) is 63.7 Å². The van der Waals surface area contributed by atoms with Crippen molar-refractivity contribution >= 4 is 23.5 Å². The molecule has 0 aliphatic carbocycles. The number of hydrogen-bond donors (Lipinski definition) is 0. The molecule has 0 saturated carbocycles. The fraction of sp³-hybridized carbons (Fsp3) is 0.548. The van der Waals surface area contributed by atoms with E-state index in [2.05, 4.69) is 17.9 Å². The van der Waals surface area contributed by atoms with Crippen molar-refractivity contribution in [2.45, 2.75) is 70.3 Å². The monoisotopic (exact) mass is 608 g/mol. The highest BCUT2D eigenvalue weighted by atomic mass is 35.5. The lowest BCUT2D eigenvalue weighted by Gasteiger charge is -2.46. The van der Waals surface area contributed by atoms with Crippen LogP contribution in [0, 0.1) is 5.92 Å². The number of ether oxygens (including phenoxy) is 3. The molecule has 5 rings (SSSR count). The second kappa shape index (κ2) is 12.1. The number of carbonyl (C=O) groups is 2. The Morgan fingerprint density at radius 1 is 1.19 bits per heavy atom. The minimum Gasteiger partial charge on any atom is -0.471 e. The van der Waals surface area contributed by atoms with E-state index in [4.69, 9.17) is 25.8 Å². The zero-order valence-corrected chi connectivity index (χ0v) is 24.8. The molecule has 3 aliphatic heterocycles. The summed E-state index contributed by atoms with van der Waals surface area (Å²) in [6.07, 6.45) is -2.38. The van der Waals surface area contributed by atoms with E-state index in [1.807, 2.05) is 12.1 Å². The van der Waals surface area contributed by atoms with Gasteiger partial charge in [0.05, 0.1) is 35.9 Å². The lowest BCUT2D eigenvalue weighted by atomic mass is 9.80. The first-order chi connectivity index (χ1) is 19.9. The molecule has 2 saturated heterocycles. The van der Waals surface area contributed by atoms with E-state index in [0.717, 1.165) is 43.6 Å². The number of piperidine rings is 1. The molecular weight excluding hydrogens is 573 g/mol. The van der Waals surface area contributed by atoms with Gasteiger partial charge in [0.25, 0.3) is 5.91 Å². The molecule has 2 aromatic carbocycles. The largest absolute Gasteiger partial charge is 0.471 e. The van der Waals surface area contributed by atoms with Crippen LogP contribution in [0.3, 0.4) is 0 Å². The van der Waals surface area contributed by atoms with E-state index in [1.165, 1.54) is 4.90 Å². The first kappa shape index (κ1) is 30.6. The second-order valence-corrected chi connectivity index (χ2v) is 12.1. The Morgan fingerprint density at radius 3 is 2.64 bits per heavy atom. The molecule has 228 valence electrons. The van der Waals surface area contributed by atoms with Gasteiger partial charge in [-0.2, -0.15) is 13.2 Å². The van der Waals surface area contributed by atoms with Crippen LogP contribution in [0.2, 0.25) is 5.02 Å². The number of rotatable bonds is 5. The molecular formula is C31H36ClF3N2O5. The fourth-order valence-corrected chi connectivity index (χ4v) is 6.69. The molecule has 11 heteroatoms. The van der Waals surface area contributed by atoms with Crippen LogP contribution in [0.1, 0.15) is 73.0 Å². The Morgan fingerprint density at radius 2 is 1.98 bits per heavy atom. The Balaban J connectivity index is 1.18. The first-order valence-electron chi connectivity index (χ1n) is 14.4. The van der Waals surface area contributed by atoms with Crippen LogP contribution in [0.4, 0.5) is 13.2 Å². The fourth-order valence-electron chi connectivity index (χ4n) is 6.40. The molecule has 7 nitrogen and oxygen atoms in total. The first-order valence-corrected chi connectivity index (χ1v) is 14.7. The zero-order chi connectivity index (χ0) is 30.2. The van der Waals surface area contributed by atoms with Gasteiger partial charge in [-0.1, -0.05) is 30.7 Å². The number of hydrogen-bond acceptors (Lipinski definition) is 6. The number of fused-ring (bicyclic) bond motifs is 1. The number of nitrogens with zero attached hydrogens (tertiary/aromatic N) is 2. The summed E-state index contributed by atoms with van der Waals surface area (Å²) >= 11 is 6.06. The van der Waals surface area contributed by atoms with Crippen molar-refractivity contribution in [3.8, 4) is 5.75 Å². The lowest BCUT2D eigenvalue weighted by Crippen LogP contribution is -2.57. The van der Waals surface area contributed by atoms with Crippen molar-refractivity contribution in [2.75, 3.05) is 33.0 Å². The molecule has 2 aromatic rings. The highest BCUT2D eigenvalue weighted by Crippen LogP contribution is 2.41. The van der Waals surface area contributed by atoms with Crippen LogP contribution in [0.15, 0.2) is 36.4 Å². The van der Waals surface area contributed by atoms with E-state index in [-0.39, 0.29) is 47.5 Å². The number of esters is 1. The Kier molecular flexibility index (Phi) is 8.79. The Bertz CT molecular complexity index is 1330. The molecule has 0 N–H and O–H groups in total. The predicted octanol–water partition coefficient (Wildman–Crippen LogP) is 6.28. The summed E-state index contributed by atoms with van der Waals surface area (Å²) in [5.74, 6) is 0.226. The highest BCUT2D eigenvalue weighted by molar-refractivity contribution is 6.32. The SMILES string of the molecule is CCOC(=O)c1cccc([C@H]2CCN([C@@H]3CC[C@](C)(C(=O)N4COc5c(Cl)cc(C(F)(F)F)cc5C4)OC3)C[C@@H]2C)c1. The van der Waals surface area contributed by atoms with Gasteiger partial charge in [0.15, 0.2) is 6.73 Å². The number of amides is 1. The van der Waals surface area contributed by atoms with Crippen molar-refractivity contribution in [2.24, 2.45) is 5.92 Å². The molecule has 0 bridgehead atoms. The van der Waals surface area contributed by atoms with Crippen molar-refractivity contribution in [1.29, 1.82) is 0 Å². The number of alkyl halides is 3. The van der Waals surface area contributed by atoms with Crippen LogP contribution in [0.25, 0.3) is 0 Å². The number of benzene rings is 2. The average molecular weight is 609 g/mol. The third-order valence-electron chi connectivity index (χ3n) is 8.74. The van der Waals surface area contributed by atoms with Crippen molar-refractivity contribution in [1.82, 2.24) is 9.80 Å². The van der Waals surface area contributed by atoms with Gasteiger partial charge < -0.3 is 19.1 Å². The maximum absolute atomic E-state index is 13.5. The van der Waals surface area contributed by atoms with E-state index in [9.17, 15) is 22.8 Å². The summed E-state index contributed by atoms with van der Waals surface area (Å²) in [5, 5.41) is -0.125. The summed E-state index contributed by atoms with van der Waals surface area (Å²) < 4.78 is 56.9. The minimum absolute atomic E-state index is 0.0391. The molecule has 0 spiro atoms. The minimum atomic E-state index is -4.56. The van der Waals surface area contributed by atoms with Crippen LogP contribution in [-0.2, 0) is 27.0 Å². The predicted molar refractivity (Wildman–Crippen MR) is 150 cm³/mol. The average Bonchev–Trinajstić information content (AvgIpc) is 2.96. The van der Waals surface area contributed by atoms with Gasteiger partial charge in [-0.3, -0.25) is 9.69 Å². The van der Waals surface area contributed by atoms with E-state index >= 15 is 0 Å². The maximum Gasteiger partial charge on any atom is 0.416 e. The normalized spacial score (nSPS) is 26.7. The molecule has 0 radical (unpaired) electrons. The van der Waals surface area contributed by atoms with Gasteiger partial charge in [0.1, 0.15) is 11.4 Å². The molecule has 42 heavy (non-hydrogen) atoms. The van der Waals surface area contributed by atoms with E-state index in [0.29, 0.717) is 37.0 Å². The smallest absolute Gasteiger partial charge is 0.416 e. The molecule has 1 amide bonds.